The van der Waals surface area contributed by atoms with Crippen molar-refractivity contribution in [2.24, 2.45) is 5.92 Å². The summed E-state index contributed by atoms with van der Waals surface area (Å²) in [5, 5.41) is 9.55. The van der Waals surface area contributed by atoms with E-state index in [9.17, 15) is 19.5 Å². The number of hydrogen-bond donors (Lipinski definition) is 1. The summed E-state index contributed by atoms with van der Waals surface area (Å²) < 4.78 is 0. The summed E-state index contributed by atoms with van der Waals surface area (Å²) in [6, 6.07) is 17.9. The highest BCUT2D eigenvalue weighted by Gasteiger charge is 2.41. The molecule has 1 fully saturated rings. The van der Waals surface area contributed by atoms with E-state index >= 15 is 0 Å². The smallest absolute Gasteiger partial charge is 0.326 e. The maximum Gasteiger partial charge on any atom is 0.326 e. The Bertz CT molecular complexity index is 860. The third-order valence-electron chi connectivity index (χ3n) is 4.77. The van der Waals surface area contributed by atoms with Gasteiger partial charge >= 0.3 is 5.97 Å². The Kier molecular flexibility index (Phi) is 7.39. The number of likely N-dealkylation sites (tertiary alicyclic amines) is 1. The standard InChI is InChI=1S/C22H23NO4S2/c1-15(14-28-22(27)16-8-4-2-5-9-16)20(24)23-13-18(12-19(23)21(25)26)29-17-10-6-3-7-11-17/h2-11,15,18-19H,12-14H2,1H3,(H,25,26)/t15-,18-,19-/m1/s1. The van der Waals surface area contributed by atoms with E-state index in [1.807, 2.05) is 36.4 Å². The zero-order chi connectivity index (χ0) is 20.8. The highest BCUT2D eigenvalue weighted by atomic mass is 32.2. The van der Waals surface area contributed by atoms with Crippen LogP contribution in [0.25, 0.3) is 0 Å². The second-order valence-electron chi connectivity index (χ2n) is 7.00. The molecule has 3 rings (SSSR count). The Hall–Kier alpha value is -2.25. The second-order valence-corrected chi connectivity index (χ2v) is 9.37. The van der Waals surface area contributed by atoms with E-state index in [-0.39, 0.29) is 16.3 Å². The lowest BCUT2D eigenvalue weighted by atomic mass is 10.1. The van der Waals surface area contributed by atoms with E-state index in [4.69, 9.17) is 0 Å². The van der Waals surface area contributed by atoms with Gasteiger partial charge in [0.15, 0.2) is 0 Å². The minimum atomic E-state index is -0.977. The first-order valence-electron chi connectivity index (χ1n) is 9.43. The Labute approximate surface area is 178 Å². The van der Waals surface area contributed by atoms with Gasteiger partial charge in [0.25, 0.3) is 0 Å². The molecule has 1 saturated heterocycles. The van der Waals surface area contributed by atoms with Gasteiger partial charge in [-0.3, -0.25) is 9.59 Å². The van der Waals surface area contributed by atoms with E-state index < -0.39 is 17.9 Å². The summed E-state index contributed by atoms with van der Waals surface area (Å²) >= 11 is 2.70. The lowest BCUT2D eigenvalue weighted by Crippen LogP contribution is -2.43. The highest BCUT2D eigenvalue weighted by molar-refractivity contribution is 8.14. The number of hydrogen-bond acceptors (Lipinski definition) is 5. The molecule has 0 radical (unpaired) electrons. The van der Waals surface area contributed by atoms with E-state index in [0.717, 1.165) is 16.7 Å². The number of thioether (sulfide) groups is 2. The van der Waals surface area contributed by atoms with Crippen LogP contribution < -0.4 is 0 Å². The molecule has 0 saturated carbocycles. The molecule has 7 heteroatoms. The Morgan fingerprint density at radius 1 is 1.07 bits per heavy atom. The van der Waals surface area contributed by atoms with Crippen molar-refractivity contribution >= 4 is 40.5 Å². The van der Waals surface area contributed by atoms with E-state index in [0.29, 0.717) is 24.3 Å². The largest absolute Gasteiger partial charge is 0.480 e. The van der Waals surface area contributed by atoms with Gasteiger partial charge in [-0.25, -0.2) is 4.79 Å². The van der Waals surface area contributed by atoms with Crippen molar-refractivity contribution in [3.05, 3.63) is 66.2 Å². The summed E-state index contributed by atoms with van der Waals surface area (Å²) in [6.07, 6.45) is 0.420. The number of carboxylic acid groups (broad SMARTS) is 1. The number of amides is 1. The summed E-state index contributed by atoms with van der Waals surface area (Å²) in [6.45, 7) is 2.15. The molecule has 2 aromatic rings. The van der Waals surface area contributed by atoms with Crippen LogP contribution in [-0.4, -0.2) is 50.6 Å². The fourth-order valence-electron chi connectivity index (χ4n) is 3.26. The molecule has 1 amide bonds. The topological polar surface area (TPSA) is 74.7 Å². The molecule has 1 aliphatic rings. The van der Waals surface area contributed by atoms with Crippen molar-refractivity contribution in [3.8, 4) is 0 Å². The second kappa shape index (κ2) is 9.98. The SMILES string of the molecule is C[C@H](CSC(=O)c1ccccc1)C(=O)N1C[C@H](Sc2ccccc2)C[C@@H]1C(=O)O. The number of aliphatic carboxylic acids is 1. The third-order valence-corrected chi connectivity index (χ3v) is 7.16. The summed E-state index contributed by atoms with van der Waals surface area (Å²) in [7, 11) is 0. The minimum Gasteiger partial charge on any atom is -0.480 e. The maximum absolute atomic E-state index is 12.9. The molecular formula is C22H23NO4S2. The van der Waals surface area contributed by atoms with Crippen LogP contribution in [0.4, 0.5) is 0 Å². The molecule has 0 bridgehead atoms. The number of carboxylic acids is 1. The van der Waals surface area contributed by atoms with Crippen molar-refractivity contribution in [1.29, 1.82) is 0 Å². The van der Waals surface area contributed by atoms with Gasteiger partial charge < -0.3 is 10.0 Å². The minimum absolute atomic E-state index is 0.0354. The van der Waals surface area contributed by atoms with Gasteiger partial charge in [0.2, 0.25) is 11.0 Å². The van der Waals surface area contributed by atoms with Crippen molar-refractivity contribution in [1.82, 2.24) is 4.90 Å². The first kappa shape index (κ1) is 21.5. The molecule has 0 spiro atoms. The zero-order valence-corrected chi connectivity index (χ0v) is 17.7. The van der Waals surface area contributed by atoms with Gasteiger partial charge in [0.05, 0.1) is 0 Å². The van der Waals surface area contributed by atoms with Crippen LogP contribution >= 0.6 is 23.5 Å². The number of rotatable bonds is 7. The highest BCUT2D eigenvalue weighted by Crippen LogP contribution is 2.34. The van der Waals surface area contributed by atoms with Gasteiger partial charge in [-0.05, 0) is 18.6 Å². The zero-order valence-electron chi connectivity index (χ0n) is 16.1. The number of carbonyl (C=O) groups excluding carboxylic acids is 2. The van der Waals surface area contributed by atoms with Gasteiger partial charge in [-0.15, -0.1) is 11.8 Å². The fourth-order valence-corrected chi connectivity index (χ4v) is 5.32. The first-order chi connectivity index (χ1) is 14.0. The van der Waals surface area contributed by atoms with Crippen molar-refractivity contribution in [2.45, 2.75) is 29.5 Å². The number of benzene rings is 2. The van der Waals surface area contributed by atoms with Gasteiger partial charge in [-0.2, -0.15) is 0 Å². The fraction of sp³-hybridized carbons (Fsp3) is 0.318. The van der Waals surface area contributed by atoms with Crippen LogP contribution in [0.1, 0.15) is 23.7 Å². The lowest BCUT2D eigenvalue weighted by molar-refractivity contribution is -0.149. The molecule has 1 N–H and O–H groups in total. The summed E-state index contributed by atoms with van der Waals surface area (Å²) in [4.78, 5) is 39.5. The molecule has 0 aliphatic carbocycles. The molecule has 152 valence electrons. The van der Waals surface area contributed by atoms with E-state index in [2.05, 4.69) is 0 Å². The molecule has 5 nitrogen and oxygen atoms in total. The average Bonchev–Trinajstić information content (AvgIpc) is 3.16. The Balaban J connectivity index is 1.59. The van der Waals surface area contributed by atoms with Crippen molar-refractivity contribution in [3.63, 3.8) is 0 Å². The third kappa shape index (κ3) is 5.64. The van der Waals surface area contributed by atoms with Gasteiger partial charge in [-0.1, -0.05) is 67.2 Å². The monoisotopic (exact) mass is 429 g/mol. The Morgan fingerprint density at radius 2 is 1.69 bits per heavy atom. The average molecular weight is 430 g/mol. The van der Waals surface area contributed by atoms with Crippen LogP contribution in [0.2, 0.25) is 0 Å². The van der Waals surface area contributed by atoms with Crippen LogP contribution in [0, 0.1) is 5.92 Å². The predicted octanol–water partition coefficient (Wildman–Crippen LogP) is 4.04. The number of nitrogens with zero attached hydrogens (tertiary/aromatic N) is 1. The van der Waals surface area contributed by atoms with Crippen LogP contribution in [0.5, 0.6) is 0 Å². The Morgan fingerprint density at radius 3 is 2.31 bits per heavy atom. The molecular weight excluding hydrogens is 406 g/mol. The molecule has 1 aliphatic heterocycles. The predicted molar refractivity (Wildman–Crippen MR) is 116 cm³/mol. The molecule has 1 heterocycles. The lowest BCUT2D eigenvalue weighted by Gasteiger charge is -2.24. The summed E-state index contributed by atoms with van der Waals surface area (Å²) in [5.74, 6) is -1.29. The molecule has 0 aromatic heterocycles. The maximum atomic E-state index is 12.9. The van der Waals surface area contributed by atoms with E-state index in [1.165, 1.54) is 4.90 Å². The van der Waals surface area contributed by atoms with Crippen LogP contribution in [0.15, 0.2) is 65.6 Å². The molecule has 3 atom stereocenters. The molecule has 2 aromatic carbocycles. The van der Waals surface area contributed by atoms with Crippen LogP contribution in [0.3, 0.4) is 0 Å². The van der Waals surface area contributed by atoms with E-state index in [1.54, 1.807) is 43.0 Å². The number of carbonyl (C=O) groups is 3. The van der Waals surface area contributed by atoms with Crippen molar-refractivity contribution < 1.29 is 19.5 Å². The van der Waals surface area contributed by atoms with Gasteiger partial charge in [0, 0.05) is 33.9 Å². The van der Waals surface area contributed by atoms with Crippen molar-refractivity contribution in [2.75, 3.05) is 12.3 Å². The first-order valence-corrected chi connectivity index (χ1v) is 11.3. The quantitative estimate of drug-likeness (QED) is 0.716. The van der Waals surface area contributed by atoms with Crippen LogP contribution in [-0.2, 0) is 9.59 Å². The molecule has 29 heavy (non-hydrogen) atoms. The van der Waals surface area contributed by atoms with Gasteiger partial charge in [0.1, 0.15) is 6.04 Å². The molecule has 0 unspecified atom stereocenters. The summed E-state index contributed by atoms with van der Waals surface area (Å²) in [5.41, 5.74) is 0.598. The normalized spacial score (nSPS) is 19.7.